The van der Waals surface area contributed by atoms with Crippen LogP contribution in [0.5, 0.6) is 0 Å². The van der Waals surface area contributed by atoms with Gasteiger partial charge in [-0.1, -0.05) is 0 Å². The maximum absolute atomic E-state index is 5.04. The maximum Gasteiger partial charge on any atom is 0.161 e. The number of nitrogens with one attached hydrogen (secondary N) is 1. The zero-order chi connectivity index (χ0) is 12.1. The normalized spacial score (nSPS) is 10.5. The largest absolute Gasteiger partial charge is 0.377 e. The van der Waals surface area contributed by atoms with Crippen LogP contribution in [-0.4, -0.2) is 38.4 Å². The summed E-state index contributed by atoms with van der Waals surface area (Å²) in [6, 6.07) is 1.82. The second-order valence-corrected chi connectivity index (χ2v) is 3.33. The van der Waals surface area contributed by atoms with Gasteiger partial charge >= 0.3 is 0 Å². The number of rotatable bonds is 5. The third-order valence-electron chi connectivity index (χ3n) is 2.04. The van der Waals surface area contributed by atoms with Gasteiger partial charge in [0.2, 0.25) is 0 Å². The fourth-order valence-electron chi connectivity index (χ4n) is 1.39. The van der Waals surface area contributed by atoms with Crippen LogP contribution < -0.4 is 5.32 Å². The first-order valence-corrected chi connectivity index (χ1v) is 5.29. The standard InChI is InChI=1S/C10H14N6O/c1-3-12-8-4-10(16-7-11-6-13-16)15-9(14-8)5-17-2/h4,6-7H,3,5H2,1-2H3,(H,12,14,15). The molecule has 2 aromatic rings. The number of methoxy groups -OCH3 is 1. The van der Waals surface area contributed by atoms with E-state index in [9.17, 15) is 0 Å². The minimum absolute atomic E-state index is 0.362. The SMILES string of the molecule is CCNc1cc(-n2cncn2)nc(COC)n1. The molecule has 0 aromatic carbocycles. The van der Waals surface area contributed by atoms with Crippen LogP contribution >= 0.6 is 0 Å². The van der Waals surface area contributed by atoms with Gasteiger partial charge in [0, 0.05) is 19.7 Å². The van der Waals surface area contributed by atoms with Crippen molar-refractivity contribution in [2.24, 2.45) is 0 Å². The number of nitrogens with zero attached hydrogens (tertiary/aromatic N) is 5. The predicted octanol–water partition coefficient (Wildman–Crippen LogP) is 0.635. The van der Waals surface area contributed by atoms with E-state index in [1.165, 1.54) is 6.33 Å². The Labute approximate surface area is 98.9 Å². The molecular weight excluding hydrogens is 220 g/mol. The Hall–Kier alpha value is -2.02. The van der Waals surface area contributed by atoms with Crippen molar-refractivity contribution < 1.29 is 4.74 Å². The van der Waals surface area contributed by atoms with Gasteiger partial charge in [-0.2, -0.15) is 5.10 Å². The lowest BCUT2D eigenvalue weighted by Gasteiger charge is -2.07. The van der Waals surface area contributed by atoms with E-state index in [0.717, 1.165) is 12.4 Å². The van der Waals surface area contributed by atoms with Gasteiger partial charge in [-0.15, -0.1) is 0 Å². The molecule has 0 amide bonds. The predicted molar refractivity (Wildman–Crippen MR) is 61.8 cm³/mol. The molecule has 0 saturated heterocycles. The van der Waals surface area contributed by atoms with Crippen molar-refractivity contribution in [3.8, 4) is 5.82 Å². The quantitative estimate of drug-likeness (QED) is 0.817. The highest BCUT2D eigenvalue weighted by Crippen LogP contribution is 2.10. The van der Waals surface area contributed by atoms with Gasteiger partial charge in [-0.3, -0.25) is 0 Å². The first-order chi connectivity index (χ1) is 8.33. The lowest BCUT2D eigenvalue weighted by molar-refractivity contribution is 0.178. The number of aromatic nitrogens is 5. The summed E-state index contributed by atoms with van der Waals surface area (Å²) in [5, 5.41) is 7.18. The summed E-state index contributed by atoms with van der Waals surface area (Å²) in [5.74, 6) is 2.03. The van der Waals surface area contributed by atoms with Gasteiger partial charge < -0.3 is 10.1 Å². The van der Waals surface area contributed by atoms with Gasteiger partial charge in [-0.25, -0.2) is 19.6 Å². The Morgan fingerprint density at radius 2 is 2.29 bits per heavy atom. The molecule has 0 saturated carbocycles. The van der Waals surface area contributed by atoms with Gasteiger partial charge in [-0.05, 0) is 6.92 Å². The smallest absolute Gasteiger partial charge is 0.161 e. The lowest BCUT2D eigenvalue weighted by atomic mass is 10.4. The average Bonchev–Trinajstić information content (AvgIpc) is 2.83. The van der Waals surface area contributed by atoms with Gasteiger partial charge in [0.05, 0.1) is 0 Å². The molecule has 0 bridgehead atoms. The molecule has 2 rings (SSSR count). The summed E-state index contributed by atoms with van der Waals surface area (Å²) in [5.41, 5.74) is 0. The van der Waals surface area contributed by atoms with E-state index in [1.807, 2.05) is 13.0 Å². The topological polar surface area (TPSA) is 77.8 Å². The van der Waals surface area contributed by atoms with Crippen LogP contribution in [-0.2, 0) is 11.3 Å². The fraction of sp³-hybridized carbons (Fsp3) is 0.400. The molecule has 90 valence electrons. The Morgan fingerprint density at radius 1 is 1.41 bits per heavy atom. The molecular formula is C10H14N6O. The molecule has 7 nitrogen and oxygen atoms in total. The molecule has 1 N–H and O–H groups in total. The van der Waals surface area contributed by atoms with Crippen molar-refractivity contribution in [2.45, 2.75) is 13.5 Å². The molecule has 0 fully saturated rings. The molecule has 0 atom stereocenters. The molecule has 7 heteroatoms. The molecule has 0 aliphatic rings. The summed E-state index contributed by atoms with van der Waals surface area (Å²) in [4.78, 5) is 12.5. The second kappa shape index (κ2) is 5.35. The molecule has 17 heavy (non-hydrogen) atoms. The highest BCUT2D eigenvalue weighted by atomic mass is 16.5. The Morgan fingerprint density at radius 3 is 2.94 bits per heavy atom. The molecule has 0 radical (unpaired) electrons. The molecule has 0 aliphatic carbocycles. The molecule has 2 heterocycles. The van der Waals surface area contributed by atoms with Crippen molar-refractivity contribution in [2.75, 3.05) is 19.0 Å². The van der Waals surface area contributed by atoms with Crippen molar-refractivity contribution in [1.82, 2.24) is 24.7 Å². The minimum atomic E-state index is 0.362. The highest BCUT2D eigenvalue weighted by molar-refractivity contribution is 5.41. The number of hydrogen-bond acceptors (Lipinski definition) is 6. The van der Waals surface area contributed by atoms with Crippen LogP contribution in [0.4, 0.5) is 5.82 Å². The Kier molecular flexibility index (Phi) is 3.61. The molecule has 0 unspecified atom stereocenters. The Bertz CT molecular complexity index is 445. The van der Waals surface area contributed by atoms with Crippen LogP contribution in [0.15, 0.2) is 18.7 Å². The average molecular weight is 234 g/mol. The fourth-order valence-corrected chi connectivity index (χ4v) is 1.39. The number of hydrogen-bond donors (Lipinski definition) is 1. The third kappa shape index (κ3) is 2.76. The summed E-state index contributed by atoms with van der Waals surface area (Å²) >= 11 is 0. The van der Waals surface area contributed by atoms with E-state index < -0.39 is 0 Å². The molecule has 2 aromatic heterocycles. The zero-order valence-corrected chi connectivity index (χ0v) is 9.79. The molecule has 0 aliphatic heterocycles. The van der Waals surface area contributed by atoms with Crippen LogP contribution in [0.3, 0.4) is 0 Å². The van der Waals surface area contributed by atoms with Crippen LogP contribution in [0.2, 0.25) is 0 Å². The van der Waals surface area contributed by atoms with Crippen molar-refractivity contribution >= 4 is 5.82 Å². The second-order valence-electron chi connectivity index (χ2n) is 3.33. The van der Waals surface area contributed by atoms with E-state index in [0.29, 0.717) is 18.2 Å². The van der Waals surface area contributed by atoms with E-state index in [1.54, 1.807) is 18.1 Å². The van der Waals surface area contributed by atoms with Crippen LogP contribution in [0.1, 0.15) is 12.7 Å². The van der Waals surface area contributed by atoms with Crippen molar-refractivity contribution in [1.29, 1.82) is 0 Å². The van der Waals surface area contributed by atoms with Crippen molar-refractivity contribution in [3.63, 3.8) is 0 Å². The minimum Gasteiger partial charge on any atom is -0.377 e. The number of ether oxygens (including phenoxy) is 1. The van der Waals surface area contributed by atoms with E-state index in [4.69, 9.17) is 4.74 Å². The van der Waals surface area contributed by atoms with E-state index in [-0.39, 0.29) is 0 Å². The number of anilines is 1. The van der Waals surface area contributed by atoms with Gasteiger partial charge in [0.25, 0.3) is 0 Å². The van der Waals surface area contributed by atoms with Crippen LogP contribution in [0.25, 0.3) is 5.82 Å². The van der Waals surface area contributed by atoms with Crippen molar-refractivity contribution in [3.05, 3.63) is 24.5 Å². The van der Waals surface area contributed by atoms with Crippen LogP contribution in [0, 0.1) is 0 Å². The summed E-state index contributed by atoms with van der Waals surface area (Å²) in [7, 11) is 1.61. The van der Waals surface area contributed by atoms with E-state index in [2.05, 4.69) is 25.4 Å². The Balaban J connectivity index is 2.37. The lowest BCUT2D eigenvalue weighted by Crippen LogP contribution is -2.08. The summed E-state index contributed by atoms with van der Waals surface area (Å²) < 4.78 is 6.62. The third-order valence-corrected chi connectivity index (χ3v) is 2.04. The highest BCUT2D eigenvalue weighted by Gasteiger charge is 2.06. The first kappa shape index (κ1) is 11.5. The van der Waals surface area contributed by atoms with Gasteiger partial charge in [0.1, 0.15) is 25.1 Å². The first-order valence-electron chi connectivity index (χ1n) is 5.29. The monoisotopic (exact) mass is 234 g/mol. The van der Waals surface area contributed by atoms with Gasteiger partial charge in [0.15, 0.2) is 11.6 Å². The zero-order valence-electron chi connectivity index (χ0n) is 9.79. The molecule has 0 spiro atoms. The summed E-state index contributed by atoms with van der Waals surface area (Å²) in [6.45, 7) is 3.16. The van der Waals surface area contributed by atoms with E-state index >= 15 is 0 Å². The maximum atomic E-state index is 5.04. The summed E-state index contributed by atoms with van der Waals surface area (Å²) in [6.07, 6.45) is 3.06.